The SMILES string of the molecule is CCOc1nc(NC)nc(N(C)CC(=O)NC2CC2)n1. The number of carbonyl (C=O) groups is 1. The Balaban J connectivity index is 2.04. The topological polar surface area (TPSA) is 92.3 Å². The van der Waals surface area contributed by atoms with Crippen molar-refractivity contribution in [2.75, 3.05) is 37.5 Å². The van der Waals surface area contributed by atoms with Crippen molar-refractivity contribution in [2.45, 2.75) is 25.8 Å². The Labute approximate surface area is 118 Å². The van der Waals surface area contributed by atoms with E-state index in [-0.39, 0.29) is 18.5 Å². The molecular formula is C12H20N6O2. The third kappa shape index (κ3) is 3.94. The number of ether oxygens (including phenoxy) is 1. The van der Waals surface area contributed by atoms with Gasteiger partial charge in [0.1, 0.15) is 0 Å². The molecule has 1 aromatic rings. The lowest BCUT2D eigenvalue weighted by atomic mass is 10.5. The first-order valence-corrected chi connectivity index (χ1v) is 6.69. The van der Waals surface area contributed by atoms with Crippen molar-refractivity contribution in [3.05, 3.63) is 0 Å². The number of nitrogens with one attached hydrogen (secondary N) is 2. The van der Waals surface area contributed by atoms with E-state index in [1.807, 2.05) is 6.92 Å². The molecule has 2 rings (SSSR count). The van der Waals surface area contributed by atoms with Gasteiger partial charge in [0.05, 0.1) is 13.2 Å². The first kappa shape index (κ1) is 14.3. The van der Waals surface area contributed by atoms with Crippen LogP contribution in [0.1, 0.15) is 19.8 Å². The van der Waals surface area contributed by atoms with Crippen LogP contribution in [-0.2, 0) is 4.79 Å². The fourth-order valence-electron chi connectivity index (χ4n) is 1.61. The van der Waals surface area contributed by atoms with E-state index < -0.39 is 0 Å². The molecule has 1 aliphatic carbocycles. The number of hydrogen-bond acceptors (Lipinski definition) is 7. The predicted octanol–water partition coefficient (Wildman–Crippen LogP) is 0.0268. The Morgan fingerprint density at radius 2 is 2.15 bits per heavy atom. The maximum atomic E-state index is 11.8. The van der Waals surface area contributed by atoms with Crippen LogP contribution in [0.5, 0.6) is 6.01 Å². The van der Waals surface area contributed by atoms with Gasteiger partial charge in [-0.05, 0) is 19.8 Å². The first-order valence-electron chi connectivity index (χ1n) is 6.69. The highest BCUT2D eigenvalue weighted by Gasteiger charge is 2.24. The van der Waals surface area contributed by atoms with Crippen molar-refractivity contribution in [1.29, 1.82) is 0 Å². The molecule has 0 aliphatic heterocycles. The summed E-state index contributed by atoms with van der Waals surface area (Å²) in [4.78, 5) is 25.9. The maximum Gasteiger partial charge on any atom is 0.323 e. The molecule has 0 unspecified atom stereocenters. The molecule has 0 radical (unpaired) electrons. The van der Waals surface area contributed by atoms with Crippen molar-refractivity contribution in [1.82, 2.24) is 20.3 Å². The number of hydrogen-bond donors (Lipinski definition) is 2. The smallest absolute Gasteiger partial charge is 0.323 e. The number of amides is 1. The Bertz CT molecular complexity index is 477. The zero-order valence-electron chi connectivity index (χ0n) is 12.0. The summed E-state index contributed by atoms with van der Waals surface area (Å²) in [7, 11) is 3.48. The molecule has 0 spiro atoms. The Kier molecular flexibility index (Phi) is 4.54. The molecule has 8 heteroatoms. The van der Waals surface area contributed by atoms with Crippen LogP contribution < -0.4 is 20.3 Å². The summed E-state index contributed by atoms with van der Waals surface area (Å²) in [5.41, 5.74) is 0. The van der Waals surface area contributed by atoms with Gasteiger partial charge >= 0.3 is 6.01 Å². The van der Waals surface area contributed by atoms with Gasteiger partial charge < -0.3 is 20.3 Å². The van der Waals surface area contributed by atoms with Gasteiger partial charge in [0.25, 0.3) is 0 Å². The molecular weight excluding hydrogens is 260 g/mol. The largest absolute Gasteiger partial charge is 0.464 e. The van der Waals surface area contributed by atoms with Gasteiger partial charge in [-0.3, -0.25) is 4.79 Å². The quantitative estimate of drug-likeness (QED) is 0.727. The van der Waals surface area contributed by atoms with Crippen LogP contribution in [0.3, 0.4) is 0 Å². The van der Waals surface area contributed by atoms with E-state index in [0.29, 0.717) is 24.5 Å². The number of aromatic nitrogens is 3. The van der Waals surface area contributed by atoms with Crippen LogP contribution in [-0.4, -0.2) is 54.1 Å². The van der Waals surface area contributed by atoms with Gasteiger partial charge in [-0.2, -0.15) is 15.0 Å². The summed E-state index contributed by atoms with van der Waals surface area (Å²) < 4.78 is 5.29. The molecule has 1 fully saturated rings. The van der Waals surface area contributed by atoms with Gasteiger partial charge in [-0.25, -0.2) is 0 Å². The zero-order valence-corrected chi connectivity index (χ0v) is 12.0. The maximum absolute atomic E-state index is 11.8. The number of anilines is 2. The van der Waals surface area contributed by atoms with Crippen LogP contribution in [0.4, 0.5) is 11.9 Å². The minimum Gasteiger partial charge on any atom is -0.464 e. The fourth-order valence-corrected chi connectivity index (χ4v) is 1.61. The standard InChI is InChI=1S/C12H20N6O2/c1-4-20-12-16-10(13-2)15-11(17-12)18(3)7-9(19)14-8-5-6-8/h8H,4-7H2,1-3H3,(H,14,19)(H,13,15,16,17). The van der Waals surface area contributed by atoms with Crippen molar-refractivity contribution in [2.24, 2.45) is 0 Å². The number of likely N-dealkylation sites (N-methyl/N-ethyl adjacent to an activating group) is 1. The zero-order chi connectivity index (χ0) is 14.5. The summed E-state index contributed by atoms with van der Waals surface area (Å²) in [6, 6.07) is 0.595. The van der Waals surface area contributed by atoms with Gasteiger partial charge in [0, 0.05) is 20.1 Å². The lowest BCUT2D eigenvalue weighted by Crippen LogP contribution is -2.37. The molecule has 0 bridgehead atoms. The Morgan fingerprint density at radius 1 is 1.40 bits per heavy atom. The Morgan fingerprint density at radius 3 is 2.75 bits per heavy atom. The van der Waals surface area contributed by atoms with E-state index >= 15 is 0 Å². The van der Waals surface area contributed by atoms with E-state index in [1.165, 1.54) is 0 Å². The highest BCUT2D eigenvalue weighted by atomic mass is 16.5. The normalized spacial score (nSPS) is 13.8. The van der Waals surface area contributed by atoms with Gasteiger partial charge in [-0.15, -0.1) is 0 Å². The second kappa shape index (κ2) is 6.36. The summed E-state index contributed by atoms with van der Waals surface area (Å²) in [5, 5.41) is 5.77. The molecule has 1 amide bonds. The molecule has 1 aliphatic rings. The van der Waals surface area contributed by atoms with Gasteiger partial charge in [-0.1, -0.05) is 0 Å². The summed E-state index contributed by atoms with van der Waals surface area (Å²) in [6.07, 6.45) is 2.14. The number of rotatable bonds is 7. The molecule has 8 nitrogen and oxygen atoms in total. The van der Waals surface area contributed by atoms with Gasteiger partial charge in [0.15, 0.2) is 0 Å². The summed E-state index contributed by atoms with van der Waals surface area (Å²) in [5.74, 6) is 0.783. The molecule has 20 heavy (non-hydrogen) atoms. The second-order valence-electron chi connectivity index (χ2n) is 4.62. The third-order valence-electron chi connectivity index (χ3n) is 2.76. The molecule has 110 valence electrons. The van der Waals surface area contributed by atoms with E-state index in [0.717, 1.165) is 12.8 Å². The second-order valence-corrected chi connectivity index (χ2v) is 4.62. The predicted molar refractivity (Wildman–Crippen MR) is 75.0 cm³/mol. The molecule has 0 saturated heterocycles. The molecule has 0 aromatic carbocycles. The van der Waals surface area contributed by atoms with Crippen molar-refractivity contribution >= 4 is 17.8 Å². The molecule has 1 heterocycles. The molecule has 1 saturated carbocycles. The first-order chi connectivity index (χ1) is 9.62. The molecule has 0 atom stereocenters. The van der Waals surface area contributed by atoms with Crippen molar-refractivity contribution in [3.8, 4) is 6.01 Å². The summed E-state index contributed by atoms with van der Waals surface area (Å²) >= 11 is 0. The highest BCUT2D eigenvalue weighted by molar-refractivity contribution is 5.81. The highest BCUT2D eigenvalue weighted by Crippen LogP contribution is 2.18. The monoisotopic (exact) mass is 280 g/mol. The van der Waals surface area contributed by atoms with E-state index in [2.05, 4.69) is 25.6 Å². The minimum atomic E-state index is -0.0284. The lowest BCUT2D eigenvalue weighted by Gasteiger charge is -2.17. The van der Waals surface area contributed by atoms with Crippen LogP contribution in [0.15, 0.2) is 0 Å². The Hall–Kier alpha value is -2.12. The average molecular weight is 280 g/mol. The fraction of sp³-hybridized carbons (Fsp3) is 0.667. The third-order valence-corrected chi connectivity index (χ3v) is 2.76. The van der Waals surface area contributed by atoms with Crippen LogP contribution in [0.25, 0.3) is 0 Å². The molecule has 2 N–H and O–H groups in total. The van der Waals surface area contributed by atoms with Crippen LogP contribution in [0, 0.1) is 0 Å². The lowest BCUT2D eigenvalue weighted by molar-refractivity contribution is -0.119. The van der Waals surface area contributed by atoms with E-state index in [9.17, 15) is 4.79 Å². The van der Waals surface area contributed by atoms with Crippen molar-refractivity contribution < 1.29 is 9.53 Å². The average Bonchev–Trinajstić information content (AvgIpc) is 3.22. The van der Waals surface area contributed by atoms with E-state index in [4.69, 9.17) is 4.74 Å². The minimum absolute atomic E-state index is 0.0284. The number of carbonyl (C=O) groups excluding carboxylic acids is 1. The van der Waals surface area contributed by atoms with Crippen molar-refractivity contribution in [3.63, 3.8) is 0 Å². The molecule has 1 aromatic heterocycles. The van der Waals surface area contributed by atoms with Crippen LogP contribution in [0.2, 0.25) is 0 Å². The van der Waals surface area contributed by atoms with Crippen LogP contribution >= 0.6 is 0 Å². The summed E-state index contributed by atoms with van der Waals surface area (Å²) in [6.45, 7) is 2.53. The van der Waals surface area contributed by atoms with Gasteiger partial charge in [0.2, 0.25) is 17.8 Å². The van der Waals surface area contributed by atoms with E-state index in [1.54, 1.807) is 19.0 Å². The number of nitrogens with zero attached hydrogens (tertiary/aromatic N) is 4.